The lowest BCUT2D eigenvalue weighted by Gasteiger charge is -2.36. The van der Waals surface area contributed by atoms with Crippen molar-refractivity contribution in [1.82, 2.24) is 0 Å². The Hall–Kier alpha value is -1.80. The molecule has 1 aliphatic heterocycles. The average molecular weight is 295 g/mol. The molecule has 0 unspecified atom stereocenters. The fraction of sp³-hybridized carbons (Fsp3) is 0.400. The molecule has 0 amide bonds. The van der Waals surface area contributed by atoms with Gasteiger partial charge in [0.2, 0.25) is 0 Å². The van der Waals surface area contributed by atoms with Crippen LogP contribution in [0.3, 0.4) is 0 Å². The van der Waals surface area contributed by atoms with Crippen LogP contribution in [-0.2, 0) is 16.6 Å². The summed E-state index contributed by atoms with van der Waals surface area (Å²) in [5.74, 6) is 0. The molecule has 3 rings (SSSR count). The standard InChI is InChI=1S/C20H25NO/c1-5-22-11-10-15-7-8-16-19(13-15)21-18-9-6-14(2)12-17(18)20(16,3)4/h6-9,12-13,21H,5,10-11H2,1-4H3. The van der Waals surface area contributed by atoms with Gasteiger partial charge in [0, 0.05) is 23.4 Å². The van der Waals surface area contributed by atoms with Crippen LogP contribution in [0.2, 0.25) is 0 Å². The van der Waals surface area contributed by atoms with E-state index in [2.05, 4.69) is 62.5 Å². The quantitative estimate of drug-likeness (QED) is 0.805. The summed E-state index contributed by atoms with van der Waals surface area (Å²) in [5.41, 5.74) is 7.87. The van der Waals surface area contributed by atoms with Crippen LogP contribution in [0.1, 0.15) is 43.0 Å². The summed E-state index contributed by atoms with van der Waals surface area (Å²) in [6.07, 6.45) is 0.962. The highest BCUT2D eigenvalue weighted by Gasteiger charge is 2.32. The first-order valence-corrected chi connectivity index (χ1v) is 8.11. The summed E-state index contributed by atoms with van der Waals surface area (Å²) in [6, 6.07) is 13.5. The second kappa shape index (κ2) is 5.77. The van der Waals surface area contributed by atoms with Gasteiger partial charge in [-0.25, -0.2) is 0 Å². The third-order valence-electron chi connectivity index (χ3n) is 4.61. The molecule has 1 heterocycles. The molecule has 22 heavy (non-hydrogen) atoms. The minimum atomic E-state index is 0.0282. The monoisotopic (exact) mass is 295 g/mol. The molecule has 0 spiro atoms. The predicted octanol–water partition coefficient (Wildman–Crippen LogP) is 4.96. The van der Waals surface area contributed by atoms with Gasteiger partial charge >= 0.3 is 0 Å². The number of hydrogen-bond acceptors (Lipinski definition) is 2. The van der Waals surface area contributed by atoms with E-state index < -0.39 is 0 Å². The van der Waals surface area contributed by atoms with Crippen molar-refractivity contribution in [2.24, 2.45) is 0 Å². The lowest BCUT2D eigenvalue weighted by Crippen LogP contribution is -2.26. The summed E-state index contributed by atoms with van der Waals surface area (Å²) >= 11 is 0. The van der Waals surface area contributed by atoms with Gasteiger partial charge in [-0.05, 0) is 49.1 Å². The molecule has 1 N–H and O–H groups in total. The Morgan fingerprint density at radius 2 is 1.82 bits per heavy atom. The highest BCUT2D eigenvalue weighted by Crippen LogP contribution is 2.45. The fourth-order valence-corrected chi connectivity index (χ4v) is 3.30. The van der Waals surface area contributed by atoms with Gasteiger partial charge in [-0.15, -0.1) is 0 Å². The van der Waals surface area contributed by atoms with Crippen LogP contribution in [0, 0.1) is 6.92 Å². The third-order valence-corrected chi connectivity index (χ3v) is 4.61. The molecular formula is C20H25NO. The maximum Gasteiger partial charge on any atom is 0.0506 e. The molecular weight excluding hydrogens is 270 g/mol. The molecule has 116 valence electrons. The van der Waals surface area contributed by atoms with Crippen molar-refractivity contribution in [3.05, 3.63) is 58.7 Å². The van der Waals surface area contributed by atoms with Crippen molar-refractivity contribution >= 4 is 11.4 Å². The predicted molar refractivity (Wildman–Crippen MR) is 93.2 cm³/mol. The lowest BCUT2D eigenvalue weighted by atomic mass is 9.73. The van der Waals surface area contributed by atoms with Crippen LogP contribution >= 0.6 is 0 Å². The molecule has 0 fully saturated rings. The zero-order valence-electron chi connectivity index (χ0n) is 14.0. The van der Waals surface area contributed by atoms with E-state index in [4.69, 9.17) is 4.74 Å². The third kappa shape index (κ3) is 2.64. The first kappa shape index (κ1) is 15.1. The first-order chi connectivity index (χ1) is 10.5. The molecule has 2 heteroatoms. The minimum Gasteiger partial charge on any atom is -0.381 e. The molecule has 0 bridgehead atoms. The number of aryl methyl sites for hydroxylation is 1. The summed E-state index contributed by atoms with van der Waals surface area (Å²) in [5, 5.41) is 3.61. The number of fused-ring (bicyclic) bond motifs is 2. The van der Waals surface area contributed by atoms with E-state index >= 15 is 0 Å². The van der Waals surface area contributed by atoms with Gasteiger partial charge in [0.15, 0.2) is 0 Å². The van der Waals surface area contributed by atoms with Crippen molar-refractivity contribution in [2.75, 3.05) is 18.5 Å². The van der Waals surface area contributed by atoms with E-state index in [0.29, 0.717) is 0 Å². The average Bonchev–Trinajstić information content (AvgIpc) is 2.48. The minimum absolute atomic E-state index is 0.0282. The van der Waals surface area contributed by atoms with E-state index in [1.165, 1.54) is 33.6 Å². The van der Waals surface area contributed by atoms with Crippen LogP contribution in [0.25, 0.3) is 0 Å². The van der Waals surface area contributed by atoms with E-state index in [1.54, 1.807) is 0 Å². The molecule has 0 saturated heterocycles. The smallest absolute Gasteiger partial charge is 0.0506 e. The normalized spacial score (nSPS) is 14.9. The fourth-order valence-electron chi connectivity index (χ4n) is 3.30. The summed E-state index contributed by atoms with van der Waals surface area (Å²) in [4.78, 5) is 0. The summed E-state index contributed by atoms with van der Waals surface area (Å²) in [6.45, 7) is 10.4. The van der Waals surface area contributed by atoms with Crippen molar-refractivity contribution < 1.29 is 4.74 Å². The molecule has 0 saturated carbocycles. The van der Waals surface area contributed by atoms with Gasteiger partial charge in [0.25, 0.3) is 0 Å². The van der Waals surface area contributed by atoms with Crippen LogP contribution in [0.4, 0.5) is 11.4 Å². The van der Waals surface area contributed by atoms with Crippen molar-refractivity contribution in [3.8, 4) is 0 Å². The van der Waals surface area contributed by atoms with Crippen molar-refractivity contribution in [3.63, 3.8) is 0 Å². The Morgan fingerprint density at radius 3 is 2.59 bits per heavy atom. The Labute approximate surface area is 133 Å². The van der Waals surface area contributed by atoms with Crippen LogP contribution in [0.5, 0.6) is 0 Å². The zero-order chi connectivity index (χ0) is 15.7. The van der Waals surface area contributed by atoms with Gasteiger partial charge in [-0.3, -0.25) is 0 Å². The molecule has 0 atom stereocenters. The molecule has 2 nitrogen and oxygen atoms in total. The summed E-state index contributed by atoms with van der Waals surface area (Å²) in [7, 11) is 0. The molecule has 0 radical (unpaired) electrons. The second-order valence-corrected chi connectivity index (χ2v) is 6.63. The topological polar surface area (TPSA) is 21.3 Å². The number of anilines is 2. The van der Waals surface area contributed by atoms with Gasteiger partial charge in [0.1, 0.15) is 0 Å². The van der Waals surface area contributed by atoms with Gasteiger partial charge in [-0.1, -0.05) is 43.7 Å². The lowest BCUT2D eigenvalue weighted by molar-refractivity contribution is 0.151. The van der Waals surface area contributed by atoms with Gasteiger partial charge < -0.3 is 10.1 Å². The number of ether oxygens (including phenoxy) is 1. The molecule has 0 aromatic heterocycles. The van der Waals surface area contributed by atoms with Crippen LogP contribution < -0.4 is 5.32 Å². The van der Waals surface area contributed by atoms with Gasteiger partial charge in [0.05, 0.1) is 6.61 Å². The Kier molecular flexibility index (Phi) is 3.96. The zero-order valence-corrected chi connectivity index (χ0v) is 14.0. The highest BCUT2D eigenvalue weighted by molar-refractivity contribution is 5.76. The Balaban J connectivity index is 1.96. The molecule has 2 aromatic rings. The second-order valence-electron chi connectivity index (χ2n) is 6.63. The van der Waals surface area contributed by atoms with E-state index in [9.17, 15) is 0 Å². The highest BCUT2D eigenvalue weighted by atomic mass is 16.5. The Morgan fingerprint density at radius 1 is 1.00 bits per heavy atom. The maximum atomic E-state index is 5.47. The summed E-state index contributed by atoms with van der Waals surface area (Å²) < 4.78 is 5.47. The van der Waals surface area contributed by atoms with E-state index in [0.717, 1.165) is 19.6 Å². The molecule has 0 aliphatic carbocycles. The number of benzene rings is 2. The molecule has 2 aromatic carbocycles. The Bertz CT molecular complexity index is 688. The van der Waals surface area contributed by atoms with E-state index in [-0.39, 0.29) is 5.41 Å². The van der Waals surface area contributed by atoms with E-state index in [1.807, 2.05) is 6.92 Å². The molecule has 1 aliphatic rings. The SMILES string of the molecule is CCOCCc1ccc2c(c1)Nc1ccc(C)cc1C2(C)C. The maximum absolute atomic E-state index is 5.47. The largest absolute Gasteiger partial charge is 0.381 e. The van der Waals surface area contributed by atoms with Crippen LogP contribution in [-0.4, -0.2) is 13.2 Å². The van der Waals surface area contributed by atoms with Crippen molar-refractivity contribution in [1.29, 1.82) is 0 Å². The number of nitrogens with one attached hydrogen (secondary N) is 1. The van der Waals surface area contributed by atoms with Crippen molar-refractivity contribution in [2.45, 2.75) is 39.5 Å². The van der Waals surface area contributed by atoms with Crippen LogP contribution in [0.15, 0.2) is 36.4 Å². The number of rotatable bonds is 4. The first-order valence-electron chi connectivity index (χ1n) is 8.11. The number of hydrogen-bond donors (Lipinski definition) is 1. The van der Waals surface area contributed by atoms with Gasteiger partial charge in [-0.2, -0.15) is 0 Å².